The lowest BCUT2D eigenvalue weighted by Crippen LogP contribution is -2.12. The molecular formula is C25H26BrNO6S. The summed E-state index contributed by atoms with van der Waals surface area (Å²) in [6, 6.07) is 7.25. The molecule has 0 fully saturated rings. The molecule has 2 rings (SSSR count). The van der Waals surface area contributed by atoms with Gasteiger partial charge in [-0.05, 0) is 64.5 Å². The Morgan fingerprint density at radius 1 is 1.15 bits per heavy atom. The van der Waals surface area contributed by atoms with E-state index in [1.165, 1.54) is 6.08 Å². The number of hydrogen-bond acceptors (Lipinski definition) is 8. The van der Waals surface area contributed by atoms with Crippen LogP contribution in [0, 0.1) is 18.3 Å². The van der Waals surface area contributed by atoms with Crippen LogP contribution in [0.5, 0.6) is 5.75 Å². The number of rotatable bonds is 10. The Morgan fingerprint density at radius 3 is 2.38 bits per heavy atom. The van der Waals surface area contributed by atoms with E-state index >= 15 is 0 Å². The van der Waals surface area contributed by atoms with Crippen LogP contribution in [0.2, 0.25) is 0 Å². The number of nitrogens with zero attached hydrogens (tertiary/aromatic N) is 1. The lowest BCUT2D eigenvalue weighted by molar-refractivity contribution is -0.114. The second-order valence-corrected chi connectivity index (χ2v) is 9.43. The molecule has 0 atom stereocenters. The molecule has 1 heterocycles. The Kier molecular flexibility index (Phi) is 10.0. The molecule has 0 spiro atoms. The van der Waals surface area contributed by atoms with Gasteiger partial charge in [0.25, 0.3) is 0 Å². The Balaban J connectivity index is 2.48. The van der Waals surface area contributed by atoms with E-state index in [4.69, 9.17) is 14.2 Å². The standard InChI is InChI=1S/C25H26BrNO6S/c1-6-31-24(29)22-15(5)23(25(30)32-7-2)34-21(22)12-19(28)17(13-27)10-16-11-18(26)8-9-20(16)33-14(3)4/h8-11,14H,6-7,12H2,1-5H3. The topological polar surface area (TPSA) is 103 Å². The Hall–Kier alpha value is -2.96. The zero-order valence-corrected chi connectivity index (χ0v) is 22.1. The molecule has 34 heavy (non-hydrogen) atoms. The zero-order valence-electron chi connectivity index (χ0n) is 19.7. The van der Waals surface area contributed by atoms with E-state index in [1.807, 2.05) is 19.9 Å². The van der Waals surface area contributed by atoms with E-state index in [0.717, 1.165) is 15.8 Å². The van der Waals surface area contributed by atoms with Gasteiger partial charge in [-0.1, -0.05) is 15.9 Å². The van der Waals surface area contributed by atoms with Crippen molar-refractivity contribution in [2.24, 2.45) is 0 Å². The fourth-order valence-corrected chi connectivity index (χ4v) is 4.69. The van der Waals surface area contributed by atoms with Gasteiger partial charge in [0.2, 0.25) is 0 Å². The Morgan fingerprint density at radius 2 is 1.79 bits per heavy atom. The van der Waals surface area contributed by atoms with E-state index in [2.05, 4.69) is 15.9 Å². The van der Waals surface area contributed by atoms with E-state index < -0.39 is 17.7 Å². The molecule has 0 bridgehead atoms. The van der Waals surface area contributed by atoms with Crippen LogP contribution in [0.15, 0.2) is 28.2 Å². The molecular weight excluding hydrogens is 522 g/mol. The molecule has 7 nitrogen and oxygen atoms in total. The quantitative estimate of drug-likeness (QED) is 0.214. The van der Waals surface area contributed by atoms with Crippen molar-refractivity contribution < 1.29 is 28.6 Å². The average molecular weight is 548 g/mol. The van der Waals surface area contributed by atoms with Crippen LogP contribution < -0.4 is 4.74 Å². The van der Waals surface area contributed by atoms with Crippen molar-refractivity contribution >= 4 is 51.1 Å². The second-order valence-electron chi connectivity index (χ2n) is 7.41. The molecule has 0 saturated heterocycles. The SMILES string of the molecule is CCOC(=O)c1sc(CC(=O)C(C#N)=Cc2cc(Br)ccc2OC(C)C)c(C(=O)OCC)c1C. The summed E-state index contributed by atoms with van der Waals surface area (Å²) in [6.45, 7) is 9.03. The molecule has 180 valence electrons. The molecule has 1 aromatic heterocycles. The van der Waals surface area contributed by atoms with Gasteiger partial charge in [-0.15, -0.1) is 11.3 Å². The van der Waals surface area contributed by atoms with Crippen LogP contribution in [-0.2, 0) is 20.7 Å². The smallest absolute Gasteiger partial charge is 0.348 e. The van der Waals surface area contributed by atoms with Crippen LogP contribution in [-0.4, -0.2) is 37.0 Å². The van der Waals surface area contributed by atoms with Gasteiger partial charge in [-0.25, -0.2) is 9.59 Å². The number of carbonyl (C=O) groups is 3. The first-order valence-electron chi connectivity index (χ1n) is 10.7. The normalized spacial score (nSPS) is 11.2. The van der Waals surface area contributed by atoms with Crippen molar-refractivity contribution in [3.63, 3.8) is 0 Å². The summed E-state index contributed by atoms with van der Waals surface area (Å²) in [5.74, 6) is -1.17. The van der Waals surface area contributed by atoms with Gasteiger partial charge in [-0.3, -0.25) is 4.79 Å². The van der Waals surface area contributed by atoms with Gasteiger partial charge in [0.05, 0.1) is 30.5 Å². The maximum Gasteiger partial charge on any atom is 0.348 e. The van der Waals surface area contributed by atoms with Gasteiger partial charge in [0.1, 0.15) is 16.7 Å². The highest BCUT2D eigenvalue weighted by Gasteiger charge is 2.28. The monoisotopic (exact) mass is 547 g/mol. The number of esters is 2. The number of thiophene rings is 1. The highest BCUT2D eigenvalue weighted by atomic mass is 79.9. The van der Waals surface area contributed by atoms with Gasteiger partial charge in [0.15, 0.2) is 5.78 Å². The van der Waals surface area contributed by atoms with Crippen molar-refractivity contribution in [3.8, 4) is 11.8 Å². The van der Waals surface area contributed by atoms with E-state index in [9.17, 15) is 19.6 Å². The molecule has 0 amide bonds. The lowest BCUT2D eigenvalue weighted by atomic mass is 10.0. The lowest BCUT2D eigenvalue weighted by Gasteiger charge is -2.13. The Bertz CT molecular complexity index is 1160. The van der Waals surface area contributed by atoms with Crippen molar-refractivity contribution in [2.45, 2.75) is 47.1 Å². The average Bonchev–Trinajstić information content (AvgIpc) is 3.09. The summed E-state index contributed by atoms with van der Waals surface area (Å²) < 4.78 is 16.8. The minimum atomic E-state index is -0.628. The summed E-state index contributed by atoms with van der Waals surface area (Å²) in [5.41, 5.74) is 1.01. The summed E-state index contributed by atoms with van der Waals surface area (Å²) in [5, 5.41) is 9.70. The maximum absolute atomic E-state index is 13.1. The number of halogens is 1. The number of nitriles is 1. The first-order chi connectivity index (χ1) is 16.1. The highest BCUT2D eigenvalue weighted by molar-refractivity contribution is 9.10. The van der Waals surface area contributed by atoms with Gasteiger partial charge in [0, 0.05) is 21.3 Å². The van der Waals surface area contributed by atoms with Crippen LogP contribution in [0.1, 0.15) is 63.7 Å². The number of Topliss-reactive ketones (excluding diaryl/α,β-unsaturated/α-hetero) is 1. The maximum atomic E-state index is 13.1. The summed E-state index contributed by atoms with van der Waals surface area (Å²) >= 11 is 4.40. The van der Waals surface area contributed by atoms with Gasteiger partial charge < -0.3 is 14.2 Å². The number of hydrogen-bond donors (Lipinski definition) is 0. The van der Waals surface area contributed by atoms with Crippen molar-refractivity contribution in [2.75, 3.05) is 13.2 Å². The molecule has 0 unspecified atom stereocenters. The molecule has 1 aromatic carbocycles. The number of ether oxygens (including phenoxy) is 3. The number of allylic oxidation sites excluding steroid dienone is 1. The van der Waals surface area contributed by atoms with E-state index in [0.29, 0.717) is 21.8 Å². The van der Waals surface area contributed by atoms with Crippen molar-refractivity contribution in [1.29, 1.82) is 5.26 Å². The van der Waals surface area contributed by atoms with Crippen molar-refractivity contribution in [1.82, 2.24) is 0 Å². The molecule has 0 radical (unpaired) electrons. The predicted molar refractivity (Wildman–Crippen MR) is 133 cm³/mol. The van der Waals surface area contributed by atoms with Crippen molar-refractivity contribution in [3.05, 3.63) is 54.7 Å². The molecule has 0 aliphatic carbocycles. The highest BCUT2D eigenvalue weighted by Crippen LogP contribution is 2.32. The number of benzene rings is 1. The first-order valence-corrected chi connectivity index (χ1v) is 12.3. The van der Waals surface area contributed by atoms with Crippen LogP contribution in [0.3, 0.4) is 0 Å². The predicted octanol–water partition coefficient (Wildman–Crippen LogP) is 5.68. The van der Waals surface area contributed by atoms with Crippen LogP contribution in [0.4, 0.5) is 0 Å². The molecule has 0 N–H and O–H groups in total. The van der Waals surface area contributed by atoms with Crippen LogP contribution >= 0.6 is 27.3 Å². The first kappa shape index (κ1) is 27.3. The summed E-state index contributed by atoms with van der Waals surface area (Å²) in [4.78, 5) is 38.6. The van der Waals surface area contributed by atoms with E-state index in [1.54, 1.807) is 39.0 Å². The molecule has 9 heteroatoms. The minimum absolute atomic E-state index is 0.0999. The third-order valence-corrected chi connectivity index (χ3v) is 6.30. The Labute approximate surface area is 211 Å². The number of ketones is 1. The summed E-state index contributed by atoms with van der Waals surface area (Å²) in [6.07, 6.45) is 1.12. The molecule has 2 aromatic rings. The molecule has 0 aliphatic heterocycles. The molecule has 0 saturated carbocycles. The molecule has 0 aliphatic rings. The third kappa shape index (κ3) is 6.78. The number of carbonyl (C=O) groups excluding carboxylic acids is 3. The minimum Gasteiger partial charge on any atom is -0.490 e. The second kappa shape index (κ2) is 12.5. The largest absolute Gasteiger partial charge is 0.490 e. The zero-order chi connectivity index (χ0) is 25.4. The van der Waals surface area contributed by atoms with Gasteiger partial charge in [-0.2, -0.15) is 5.26 Å². The van der Waals surface area contributed by atoms with E-state index in [-0.39, 0.29) is 41.8 Å². The fourth-order valence-electron chi connectivity index (χ4n) is 3.12. The van der Waals surface area contributed by atoms with Gasteiger partial charge >= 0.3 is 11.9 Å². The summed E-state index contributed by atoms with van der Waals surface area (Å²) in [7, 11) is 0. The fraction of sp³-hybridized carbons (Fsp3) is 0.360. The van der Waals surface area contributed by atoms with Crippen LogP contribution in [0.25, 0.3) is 6.08 Å². The third-order valence-electron chi connectivity index (χ3n) is 4.54.